The molecule has 0 bridgehead atoms. The Labute approximate surface area is 209 Å². The topological polar surface area (TPSA) is 20.3 Å². The van der Waals surface area contributed by atoms with E-state index in [4.69, 9.17) is 0 Å². The van der Waals surface area contributed by atoms with Gasteiger partial charge < -0.3 is 26.4 Å². The lowest BCUT2D eigenvalue weighted by atomic mass is 10.0. The van der Waals surface area contributed by atoms with E-state index in [0.717, 1.165) is 50.0 Å². The van der Waals surface area contributed by atoms with Crippen LogP contribution in [0, 0.1) is 0 Å². The lowest BCUT2D eigenvalue weighted by Crippen LogP contribution is -3.00. The summed E-state index contributed by atoms with van der Waals surface area (Å²) in [4.78, 5) is 14.7. The van der Waals surface area contributed by atoms with Crippen LogP contribution in [0.15, 0.2) is 30.3 Å². The Kier molecular flexibility index (Phi) is 16.0. The Morgan fingerprint density at radius 3 is 1.75 bits per heavy atom. The van der Waals surface area contributed by atoms with Crippen molar-refractivity contribution in [3.63, 3.8) is 0 Å². The molecule has 0 atom stereocenters. The molecule has 2 rings (SSSR count). The van der Waals surface area contributed by atoms with Crippen LogP contribution in [0.1, 0.15) is 102 Å². The van der Waals surface area contributed by atoms with E-state index >= 15 is 0 Å². The quantitative estimate of drug-likeness (QED) is 0.244. The van der Waals surface area contributed by atoms with Crippen molar-refractivity contribution in [1.29, 1.82) is 0 Å². The molecule has 0 unspecified atom stereocenters. The van der Waals surface area contributed by atoms with E-state index in [9.17, 15) is 4.79 Å². The largest absolute Gasteiger partial charge is 1.00 e. The van der Waals surface area contributed by atoms with Crippen molar-refractivity contribution in [2.45, 2.75) is 103 Å². The first-order chi connectivity index (χ1) is 15.1. The Morgan fingerprint density at radius 2 is 1.25 bits per heavy atom. The smallest absolute Gasteiger partial charge is 0.222 e. The zero-order valence-corrected chi connectivity index (χ0v) is 22.6. The molecule has 1 aromatic carbocycles. The van der Waals surface area contributed by atoms with Gasteiger partial charge in [-0.25, -0.2) is 0 Å². The van der Waals surface area contributed by atoms with Crippen LogP contribution in [0.2, 0.25) is 0 Å². The van der Waals surface area contributed by atoms with Crippen LogP contribution in [-0.4, -0.2) is 48.5 Å². The predicted octanol–water partition coefficient (Wildman–Crippen LogP) is 3.96. The maximum absolute atomic E-state index is 12.6. The summed E-state index contributed by atoms with van der Waals surface area (Å²) in [7, 11) is 2.33. The highest BCUT2D eigenvalue weighted by Gasteiger charge is 2.30. The van der Waals surface area contributed by atoms with Crippen LogP contribution >= 0.6 is 0 Å². The van der Waals surface area contributed by atoms with Gasteiger partial charge in [-0.05, 0) is 6.42 Å². The maximum Gasteiger partial charge on any atom is 0.222 e. The van der Waals surface area contributed by atoms with E-state index < -0.39 is 0 Å². The minimum atomic E-state index is 0. The molecule has 0 saturated carbocycles. The number of hydrogen-bond donors (Lipinski definition) is 0. The summed E-state index contributed by atoms with van der Waals surface area (Å²) < 4.78 is 1.05. The molecule has 3 nitrogen and oxygen atoms in total. The number of nitrogens with zero attached hydrogens (tertiary/aromatic N) is 2. The first-order valence-corrected chi connectivity index (χ1v) is 13.3. The monoisotopic (exact) mass is 508 g/mol. The number of benzene rings is 1. The average molecular weight is 510 g/mol. The third-order valence-electron chi connectivity index (χ3n) is 7.07. The molecule has 4 heteroatoms. The molecule has 1 amide bonds. The van der Waals surface area contributed by atoms with Gasteiger partial charge >= 0.3 is 0 Å². The van der Waals surface area contributed by atoms with Gasteiger partial charge in [-0.2, -0.15) is 0 Å². The second-order valence-electron chi connectivity index (χ2n) is 10.1. The molecule has 1 saturated heterocycles. The van der Waals surface area contributed by atoms with Gasteiger partial charge in [0, 0.05) is 12.0 Å². The first-order valence-electron chi connectivity index (χ1n) is 13.3. The van der Waals surface area contributed by atoms with Crippen LogP contribution < -0.4 is 17.0 Å². The Bertz CT molecular complexity index is 584. The molecule has 0 aromatic heterocycles. The van der Waals surface area contributed by atoms with Gasteiger partial charge in [0.05, 0.1) is 33.2 Å². The van der Waals surface area contributed by atoms with Crippen LogP contribution in [0.25, 0.3) is 0 Å². The van der Waals surface area contributed by atoms with Gasteiger partial charge in [0.1, 0.15) is 6.54 Å². The molecule has 1 heterocycles. The first kappa shape index (κ1) is 29.2. The number of rotatable bonds is 16. The van der Waals surface area contributed by atoms with E-state index in [1.165, 1.54) is 82.6 Å². The van der Waals surface area contributed by atoms with Gasteiger partial charge in [-0.1, -0.05) is 114 Å². The normalized spacial score (nSPS) is 15.4. The summed E-state index contributed by atoms with van der Waals surface area (Å²) in [6, 6.07) is 10.8. The minimum Gasteiger partial charge on any atom is -1.00 e. The van der Waals surface area contributed by atoms with Gasteiger partial charge in [0.2, 0.25) is 5.91 Å². The summed E-state index contributed by atoms with van der Waals surface area (Å²) in [5.74, 6) is 0.383. The van der Waals surface area contributed by atoms with Crippen molar-refractivity contribution in [3.05, 3.63) is 35.9 Å². The third-order valence-corrected chi connectivity index (χ3v) is 7.07. The number of halogens is 1. The Hall–Kier alpha value is -0.870. The fourth-order valence-corrected chi connectivity index (χ4v) is 4.83. The van der Waals surface area contributed by atoms with Crippen molar-refractivity contribution in [3.8, 4) is 0 Å². The summed E-state index contributed by atoms with van der Waals surface area (Å²) in [6.07, 6.45) is 18.4. The van der Waals surface area contributed by atoms with E-state index in [1.807, 2.05) is 0 Å². The van der Waals surface area contributed by atoms with Gasteiger partial charge in [-0.3, -0.25) is 4.79 Å². The fraction of sp³-hybridized carbons (Fsp3) is 0.750. The molecule has 0 aliphatic carbocycles. The number of hydrogen-bond acceptors (Lipinski definition) is 1. The lowest BCUT2D eigenvalue weighted by Gasteiger charge is -2.42. The zero-order chi connectivity index (χ0) is 22.2. The molecule has 32 heavy (non-hydrogen) atoms. The van der Waals surface area contributed by atoms with Gasteiger partial charge in [-0.15, -0.1) is 0 Å². The number of amides is 1. The number of quaternary nitrogens is 1. The van der Waals surface area contributed by atoms with E-state index in [1.54, 1.807) is 0 Å². The number of carbonyl (C=O) groups is 1. The molecule has 0 N–H and O–H groups in total. The highest BCUT2D eigenvalue weighted by Crippen LogP contribution is 2.18. The standard InChI is InChI=1S/C28H49N2O.BrH/c1-3-4-5-6-7-8-9-10-11-12-13-14-18-21-28(31)29-22-24-30(2,25-23-29)26-27-19-16-15-17-20-27;/h15-17,19-20H,3-14,18,21-26H2,1-2H3;1H/q+1;/p-1. The Morgan fingerprint density at radius 1 is 0.781 bits per heavy atom. The molecule has 184 valence electrons. The van der Waals surface area contributed by atoms with Crippen molar-refractivity contribution in [2.24, 2.45) is 0 Å². The molecule has 0 spiro atoms. The minimum absolute atomic E-state index is 0. The fourth-order valence-electron chi connectivity index (χ4n) is 4.83. The predicted molar refractivity (Wildman–Crippen MR) is 133 cm³/mol. The van der Waals surface area contributed by atoms with Gasteiger partial charge in [0.25, 0.3) is 0 Å². The number of unbranched alkanes of at least 4 members (excludes halogenated alkanes) is 12. The van der Waals surface area contributed by atoms with Crippen LogP contribution in [0.3, 0.4) is 0 Å². The van der Waals surface area contributed by atoms with E-state index in [2.05, 4.69) is 49.2 Å². The van der Waals surface area contributed by atoms with Crippen LogP contribution in [0.5, 0.6) is 0 Å². The van der Waals surface area contributed by atoms with Crippen LogP contribution in [-0.2, 0) is 11.3 Å². The molecule has 1 aliphatic heterocycles. The zero-order valence-electron chi connectivity index (χ0n) is 21.0. The van der Waals surface area contributed by atoms with Crippen molar-refractivity contribution >= 4 is 5.91 Å². The van der Waals surface area contributed by atoms with Crippen molar-refractivity contribution in [2.75, 3.05) is 33.2 Å². The molecule has 1 aromatic rings. The average Bonchev–Trinajstić information content (AvgIpc) is 2.78. The molecular weight excluding hydrogens is 460 g/mol. The second kappa shape index (κ2) is 17.6. The lowest BCUT2D eigenvalue weighted by molar-refractivity contribution is -0.926. The summed E-state index contributed by atoms with van der Waals surface area (Å²) in [6.45, 7) is 7.33. The molecule has 0 radical (unpaired) electrons. The summed E-state index contributed by atoms with van der Waals surface area (Å²) in [5, 5.41) is 0. The number of likely N-dealkylation sites (N-methyl/N-ethyl adjacent to an activating group) is 1. The van der Waals surface area contributed by atoms with Gasteiger partial charge in [0.15, 0.2) is 0 Å². The SMILES string of the molecule is CCCCCCCCCCCCCCCC(=O)N1CC[N+](C)(Cc2ccccc2)CC1.[Br-]. The molecular formula is C28H49BrN2O. The summed E-state index contributed by atoms with van der Waals surface area (Å²) >= 11 is 0. The molecule has 1 fully saturated rings. The third kappa shape index (κ3) is 12.4. The Balaban J connectivity index is 0.00000512. The summed E-state index contributed by atoms with van der Waals surface area (Å²) in [5.41, 5.74) is 1.40. The number of carbonyl (C=O) groups excluding carboxylic acids is 1. The highest BCUT2D eigenvalue weighted by atomic mass is 79.9. The van der Waals surface area contributed by atoms with Crippen LogP contribution in [0.4, 0.5) is 0 Å². The second-order valence-corrected chi connectivity index (χ2v) is 10.1. The number of piperazine rings is 1. The van der Waals surface area contributed by atoms with E-state index in [0.29, 0.717) is 5.91 Å². The highest BCUT2D eigenvalue weighted by molar-refractivity contribution is 5.76. The van der Waals surface area contributed by atoms with Crippen molar-refractivity contribution < 1.29 is 26.3 Å². The van der Waals surface area contributed by atoms with Crippen molar-refractivity contribution in [1.82, 2.24) is 4.90 Å². The van der Waals surface area contributed by atoms with E-state index in [-0.39, 0.29) is 17.0 Å². The maximum atomic E-state index is 12.6. The molecule has 1 aliphatic rings.